The van der Waals surface area contributed by atoms with E-state index in [9.17, 15) is 8.42 Å². The second-order valence-electron chi connectivity index (χ2n) is 5.93. The number of nitrogens with one attached hydrogen (secondary N) is 2. The van der Waals surface area contributed by atoms with Gasteiger partial charge in [-0.05, 0) is 50.1 Å². The summed E-state index contributed by atoms with van der Waals surface area (Å²) in [6, 6.07) is 9.58. The average molecular weight is 507 g/mol. The van der Waals surface area contributed by atoms with Crippen molar-refractivity contribution in [2.24, 2.45) is 4.99 Å². The fourth-order valence-corrected chi connectivity index (χ4v) is 4.28. The molecule has 0 aliphatic carbocycles. The van der Waals surface area contributed by atoms with Crippen LogP contribution in [0.3, 0.4) is 0 Å². The Bertz CT molecular complexity index is 861. The Morgan fingerprint density at radius 2 is 1.88 bits per heavy atom. The number of hydrogen-bond donors (Lipinski definition) is 2. The molecule has 0 amide bonds. The van der Waals surface area contributed by atoms with Crippen LogP contribution in [0.2, 0.25) is 0 Å². The molecule has 0 saturated carbocycles. The molecule has 5 nitrogen and oxygen atoms in total. The Hall–Kier alpha value is -1.13. The second kappa shape index (κ2) is 10.3. The summed E-state index contributed by atoms with van der Waals surface area (Å²) in [6.07, 6.45) is 1.23. The van der Waals surface area contributed by atoms with Gasteiger partial charge < -0.3 is 10.6 Å². The van der Waals surface area contributed by atoms with Crippen LogP contribution in [-0.2, 0) is 22.9 Å². The molecule has 0 unspecified atom stereocenters. The highest BCUT2D eigenvalue weighted by atomic mass is 127. The molecular weight excluding hydrogens is 481 g/mol. The topological polar surface area (TPSA) is 70.6 Å². The molecule has 1 heterocycles. The lowest BCUT2D eigenvalue weighted by molar-refractivity contribution is 0.601. The number of benzene rings is 1. The molecule has 1 aromatic carbocycles. The number of sulfone groups is 1. The number of aliphatic imine (C=N–C) groups is 1. The van der Waals surface area contributed by atoms with Crippen molar-refractivity contribution in [2.45, 2.75) is 38.8 Å². The van der Waals surface area contributed by atoms with Gasteiger partial charge in [0.15, 0.2) is 15.8 Å². The number of rotatable bonds is 6. The first-order valence-corrected chi connectivity index (χ1v) is 10.9. The average Bonchev–Trinajstić information content (AvgIpc) is 2.94. The summed E-state index contributed by atoms with van der Waals surface area (Å²) in [4.78, 5) is 7.51. The van der Waals surface area contributed by atoms with Gasteiger partial charge in [0, 0.05) is 22.6 Å². The molecule has 2 N–H and O–H groups in total. The third kappa shape index (κ3) is 6.88. The molecule has 0 atom stereocenters. The van der Waals surface area contributed by atoms with Crippen LogP contribution < -0.4 is 10.6 Å². The minimum Gasteiger partial charge on any atom is -0.357 e. The van der Waals surface area contributed by atoms with E-state index in [2.05, 4.69) is 34.7 Å². The minimum atomic E-state index is -3.19. The van der Waals surface area contributed by atoms with Crippen LogP contribution in [-0.4, -0.2) is 27.2 Å². The quantitative estimate of drug-likeness (QED) is 0.356. The number of guanidine groups is 1. The highest BCUT2D eigenvalue weighted by molar-refractivity contribution is 14.0. The SMILES string of the molecule is CCNC(=NCc1ccc(S(C)(=O)=O)c(C)c1)NCc1ccc(C)s1.I. The molecule has 0 spiro atoms. The van der Waals surface area contributed by atoms with E-state index in [-0.39, 0.29) is 24.0 Å². The first-order chi connectivity index (χ1) is 11.8. The minimum absolute atomic E-state index is 0. The molecule has 2 rings (SSSR count). The Morgan fingerprint density at radius 1 is 1.15 bits per heavy atom. The Labute approximate surface area is 177 Å². The summed E-state index contributed by atoms with van der Waals surface area (Å²) in [5, 5.41) is 6.55. The monoisotopic (exact) mass is 507 g/mol. The van der Waals surface area contributed by atoms with Crippen molar-refractivity contribution in [3.05, 3.63) is 51.2 Å². The van der Waals surface area contributed by atoms with Crippen molar-refractivity contribution in [2.75, 3.05) is 12.8 Å². The predicted molar refractivity (Wildman–Crippen MR) is 120 cm³/mol. The van der Waals surface area contributed by atoms with Crippen LogP contribution in [0.5, 0.6) is 0 Å². The van der Waals surface area contributed by atoms with E-state index in [1.807, 2.05) is 26.0 Å². The van der Waals surface area contributed by atoms with Gasteiger partial charge in [0.2, 0.25) is 0 Å². The lowest BCUT2D eigenvalue weighted by atomic mass is 10.1. The fourth-order valence-electron chi connectivity index (χ4n) is 2.49. The van der Waals surface area contributed by atoms with Crippen molar-refractivity contribution in [3.63, 3.8) is 0 Å². The Morgan fingerprint density at radius 3 is 2.42 bits per heavy atom. The van der Waals surface area contributed by atoms with Gasteiger partial charge in [-0.2, -0.15) is 0 Å². The van der Waals surface area contributed by atoms with Crippen LogP contribution in [0.25, 0.3) is 0 Å². The molecule has 0 bridgehead atoms. The highest BCUT2D eigenvalue weighted by Crippen LogP contribution is 2.17. The van der Waals surface area contributed by atoms with E-state index in [1.165, 1.54) is 16.0 Å². The number of halogens is 1. The highest BCUT2D eigenvalue weighted by Gasteiger charge is 2.10. The predicted octanol–water partition coefficient (Wildman–Crippen LogP) is 3.64. The summed E-state index contributed by atoms with van der Waals surface area (Å²) in [5.74, 6) is 0.749. The molecule has 0 radical (unpaired) electrons. The third-order valence-corrected chi connectivity index (χ3v) is 5.89. The third-order valence-electron chi connectivity index (χ3n) is 3.63. The number of aryl methyl sites for hydroxylation is 2. The number of thiophene rings is 1. The maximum atomic E-state index is 11.7. The van der Waals surface area contributed by atoms with E-state index < -0.39 is 9.84 Å². The van der Waals surface area contributed by atoms with Gasteiger partial charge in [0.25, 0.3) is 0 Å². The lowest BCUT2D eigenvalue weighted by Crippen LogP contribution is -2.36. The summed E-state index contributed by atoms with van der Waals surface area (Å²) in [7, 11) is -3.19. The summed E-state index contributed by atoms with van der Waals surface area (Å²) in [5.41, 5.74) is 1.73. The largest absolute Gasteiger partial charge is 0.357 e. The van der Waals surface area contributed by atoms with Crippen molar-refractivity contribution < 1.29 is 8.42 Å². The first-order valence-electron chi connectivity index (χ1n) is 8.16. The van der Waals surface area contributed by atoms with Crippen LogP contribution in [0.1, 0.15) is 27.8 Å². The van der Waals surface area contributed by atoms with Crippen molar-refractivity contribution in [1.29, 1.82) is 0 Å². The van der Waals surface area contributed by atoms with E-state index in [1.54, 1.807) is 17.4 Å². The zero-order valence-corrected chi connectivity index (χ0v) is 19.5. The smallest absolute Gasteiger partial charge is 0.191 e. The molecular formula is C18H26IN3O2S2. The molecule has 0 saturated heterocycles. The molecule has 8 heteroatoms. The van der Waals surface area contributed by atoms with Gasteiger partial charge in [0.05, 0.1) is 18.0 Å². The van der Waals surface area contributed by atoms with Gasteiger partial charge in [-0.15, -0.1) is 35.3 Å². The molecule has 144 valence electrons. The molecule has 2 aromatic rings. The van der Waals surface area contributed by atoms with E-state index >= 15 is 0 Å². The van der Waals surface area contributed by atoms with Crippen LogP contribution >= 0.6 is 35.3 Å². The molecule has 0 aliphatic heterocycles. The van der Waals surface area contributed by atoms with Gasteiger partial charge in [-0.1, -0.05) is 12.1 Å². The second-order valence-corrected chi connectivity index (χ2v) is 9.29. The van der Waals surface area contributed by atoms with E-state index in [4.69, 9.17) is 0 Å². The maximum absolute atomic E-state index is 11.7. The maximum Gasteiger partial charge on any atom is 0.191 e. The first kappa shape index (κ1) is 22.9. The van der Waals surface area contributed by atoms with Crippen LogP contribution in [0.4, 0.5) is 0 Å². The zero-order chi connectivity index (χ0) is 18.4. The summed E-state index contributed by atoms with van der Waals surface area (Å²) < 4.78 is 23.4. The summed E-state index contributed by atoms with van der Waals surface area (Å²) in [6.45, 7) is 7.93. The molecule has 0 aliphatic rings. The molecule has 1 aromatic heterocycles. The molecule has 0 fully saturated rings. The van der Waals surface area contributed by atoms with Gasteiger partial charge in [-0.25, -0.2) is 13.4 Å². The fraction of sp³-hybridized carbons (Fsp3) is 0.389. The van der Waals surface area contributed by atoms with Crippen molar-refractivity contribution in [3.8, 4) is 0 Å². The normalized spacial score (nSPS) is 11.8. The van der Waals surface area contributed by atoms with Crippen molar-refractivity contribution >= 4 is 51.1 Å². The van der Waals surface area contributed by atoms with Crippen LogP contribution in [0, 0.1) is 13.8 Å². The Kier molecular flexibility index (Phi) is 9.05. The zero-order valence-electron chi connectivity index (χ0n) is 15.5. The standard InChI is InChI=1S/C18H25N3O2S2.HI/c1-5-19-18(21-12-16-8-6-14(3)24-16)20-11-15-7-9-17(13(2)10-15)25(4,22)23;/h6-10H,5,11-12H2,1-4H3,(H2,19,20,21);1H. The van der Waals surface area contributed by atoms with Crippen LogP contribution in [0.15, 0.2) is 40.2 Å². The lowest BCUT2D eigenvalue weighted by Gasteiger charge is -2.11. The van der Waals surface area contributed by atoms with E-state index in [0.29, 0.717) is 11.4 Å². The van der Waals surface area contributed by atoms with Gasteiger partial charge >= 0.3 is 0 Å². The van der Waals surface area contributed by atoms with Crippen molar-refractivity contribution in [1.82, 2.24) is 10.6 Å². The molecule has 26 heavy (non-hydrogen) atoms. The van der Waals surface area contributed by atoms with Gasteiger partial charge in [-0.3, -0.25) is 0 Å². The van der Waals surface area contributed by atoms with E-state index in [0.717, 1.165) is 30.2 Å². The Balaban J connectivity index is 0.00000338. The number of nitrogens with zero attached hydrogens (tertiary/aromatic N) is 1. The number of hydrogen-bond acceptors (Lipinski definition) is 4. The van der Waals surface area contributed by atoms with Gasteiger partial charge in [0.1, 0.15) is 0 Å². The summed E-state index contributed by atoms with van der Waals surface area (Å²) >= 11 is 1.77.